The lowest BCUT2D eigenvalue weighted by atomic mass is 9.59. The zero-order chi connectivity index (χ0) is 27.1. The number of likely N-dealkylation sites (N-methyl/N-ethyl adjacent to an activating group) is 1. The van der Waals surface area contributed by atoms with Gasteiger partial charge in [-0.15, -0.1) is 0 Å². The van der Waals surface area contributed by atoms with E-state index in [0.29, 0.717) is 19.3 Å². The van der Waals surface area contributed by atoms with Crippen molar-refractivity contribution >= 4 is 23.6 Å². The van der Waals surface area contributed by atoms with E-state index in [-0.39, 0.29) is 11.6 Å². The minimum Gasteiger partial charge on any atom is -0.458 e. The smallest absolute Gasteiger partial charge is 0.410 e. The Morgan fingerprint density at radius 2 is 1.57 bits per heavy atom. The highest BCUT2D eigenvalue weighted by molar-refractivity contribution is 6.00. The number of esters is 1. The summed E-state index contributed by atoms with van der Waals surface area (Å²) in [6, 6.07) is -0.637. The van der Waals surface area contributed by atoms with Crippen molar-refractivity contribution in [3.63, 3.8) is 0 Å². The number of carbonyl (C=O) groups is 4. The predicted octanol–water partition coefficient (Wildman–Crippen LogP) is 4.43. The molecule has 0 saturated carbocycles. The SMILES string of the molecule is CC[C@H]1OC(=O)[C@H](C)C(=O)[C@H](C)C(C)(CC)[C@](C)(OC)C[C@@H](C)C(=O)[C@H](C)[C@H]2N(C)C(=O)O[C@]12C. The lowest BCUT2D eigenvalue weighted by Crippen LogP contribution is -2.58. The monoisotopic (exact) mass is 495 g/mol. The fourth-order valence-electron chi connectivity index (χ4n) is 6.54. The van der Waals surface area contributed by atoms with Crippen molar-refractivity contribution in [1.82, 2.24) is 4.90 Å². The van der Waals surface area contributed by atoms with Crippen molar-refractivity contribution < 1.29 is 33.4 Å². The van der Waals surface area contributed by atoms with Crippen LogP contribution in [0.1, 0.15) is 81.6 Å². The molecule has 0 aliphatic carbocycles. The van der Waals surface area contributed by atoms with Crippen LogP contribution in [-0.4, -0.2) is 66.0 Å². The Balaban J connectivity index is 2.71. The summed E-state index contributed by atoms with van der Waals surface area (Å²) in [6.07, 6.45) is -0.00366. The molecule has 2 aliphatic rings. The average Bonchev–Trinajstić information content (AvgIpc) is 3.06. The van der Waals surface area contributed by atoms with Gasteiger partial charge in [-0.05, 0) is 40.0 Å². The van der Waals surface area contributed by atoms with E-state index < -0.39 is 64.5 Å². The highest BCUT2D eigenvalue weighted by atomic mass is 16.6. The Bertz CT molecular complexity index is 858. The lowest BCUT2D eigenvalue weighted by molar-refractivity contribution is -0.176. The molecule has 2 aliphatic heterocycles. The standard InChI is InChI=1S/C27H45NO7/c1-12-19-27(9)22(28(10)24(32)35-27)16(4)20(29)15(3)14-26(8,33-11)25(7,13-2)18(6)21(30)17(5)23(31)34-19/h15-19,22H,12-14H2,1-11H3/t15-,16+,17-,18+,19-,22-,25?,26-,27-/m1/s1. The molecule has 0 aromatic carbocycles. The molecule has 2 rings (SSSR count). The molecule has 2 heterocycles. The fraction of sp³-hybridized carbons (Fsp3) is 0.852. The number of hydrogen-bond acceptors (Lipinski definition) is 7. The molecule has 0 aromatic heterocycles. The molecular formula is C27H45NO7. The van der Waals surface area contributed by atoms with Crippen LogP contribution in [0.3, 0.4) is 0 Å². The first kappa shape index (κ1) is 29.3. The van der Waals surface area contributed by atoms with Gasteiger partial charge in [0.2, 0.25) is 0 Å². The molecule has 8 nitrogen and oxygen atoms in total. The minimum absolute atomic E-state index is 0.0290. The predicted molar refractivity (Wildman–Crippen MR) is 132 cm³/mol. The van der Waals surface area contributed by atoms with Gasteiger partial charge in [0.15, 0.2) is 5.60 Å². The first-order valence-corrected chi connectivity index (χ1v) is 12.8. The maximum Gasteiger partial charge on any atom is 0.410 e. The molecule has 2 saturated heterocycles. The quantitative estimate of drug-likeness (QED) is 0.422. The van der Waals surface area contributed by atoms with E-state index in [1.165, 1.54) is 4.90 Å². The van der Waals surface area contributed by atoms with Gasteiger partial charge in [-0.25, -0.2) is 4.79 Å². The van der Waals surface area contributed by atoms with Crippen molar-refractivity contribution in [3.8, 4) is 0 Å². The molecule has 8 heteroatoms. The summed E-state index contributed by atoms with van der Waals surface area (Å²) in [6.45, 7) is 16.6. The van der Waals surface area contributed by atoms with Gasteiger partial charge in [0.25, 0.3) is 0 Å². The van der Waals surface area contributed by atoms with Crippen LogP contribution in [0.4, 0.5) is 4.79 Å². The van der Waals surface area contributed by atoms with Gasteiger partial charge in [-0.3, -0.25) is 14.4 Å². The number of fused-ring (bicyclic) bond motifs is 1. The number of methoxy groups -OCH3 is 1. The van der Waals surface area contributed by atoms with Crippen LogP contribution in [0.25, 0.3) is 0 Å². The van der Waals surface area contributed by atoms with E-state index in [2.05, 4.69) is 0 Å². The summed E-state index contributed by atoms with van der Waals surface area (Å²) < 4.78 is 17.7. The van der Waals surface area contributed by atoms with Crippen molar-refractivity contribution in [2.75, 3.05) is 14.2 Å². The first-order valence-electron chi connectivity index (χ1n) is 12.8. The number of rotatable bonds is 3. The average molecular weight is 496 g/mol. The van der Waals surface area contributed by atoms with Gasteiger partial charge in [-0.1, -0.05) is 41.5 Å². The third-order valence-corrected chi connectivity index (χ3v) is 9.53. The Labute approximate surface area is 210 Å². The van der Waals surface area contributed by atoms with Crippen LogP contribution in [0.5, 0.6) is 0 Å². The van der Waals surface area contributed by atoms with Crippen LogP contribution >= 0.6 is 0 Å². The van der Waals surface area contributed by atoms with Crippen LogP contribution in [-0.2, 0) is 28.6 Å². The number of Topliss-reactive ketones (excluding diaryl/α,β-unsaturated/α-hetero) is 2. The second-order valence-electron chi connectivity index (χ2n) is 11.3. The maximum atomic E-state index is 13.8. The largest absolute Gasteiger partial charge is 0.458 e. The molecule has 0 radical (unpaired) electrons. The highest BCUT2D eigenvalue weighted by Gasteiger charge is 2.59. The Morgan fingerprint density at radius 3 is 2.06 bits per heavy atom. The van der Waals surface area contributed by atoms with E-state index in [0.717, 1.165) is 0 Å². The number of hydrogen-bond donors (Lipinski definition) is 0. The van der Waals surface area contributed by atoms with Crippen molar-refractivity contribution in [3.05, 3.63) is 0 Å². The van der Waals surface area contributed by atoms with Gasteiger partial charge in [0.1, 0.15) is 23.6 Å². The molecule has 0 aromatic rings. The van der Waals surface area contributed by atoms with Gasteiger partial charge >= 0.3 is 12.1 Å². The highest BCUT2D eigenvalue weighted by Crippen LogP contribution is 2.49. The molecule has 35 heavy (non-hydrogen) atoms. The number of ether oxygens (including phenoxy) is 3. The molecule has 1 unspecified atom stereocenters. The molecule has 200 valence electrons. The molecule has 0 bridgehead atoms. The van der Waals surface area contributed by atoms with Gasteiger partial charge in [0.05, 0.1) is 11.6 Å². The molecule has 9 atom stereocenters. The maximum absolute atomic E-state index is 13.8. The van der Waals surface area contributed by atoms with E-state index in [9.17, 15) is 19.2 Å². The zero-order valence-electron chi connectivity index (χ0n) is 23.4. The zero-order valence-corrected chi connectivity index (χ0v) is 23.4. The summed E-state index contributed by atoms with van der Waals surface area (Å²) >= 11 is 0. The topological polar surface area (TPSA) is 99.2 Å². The fourth-order valence-corrected chi connectivity index (χ4v) is 6.54. The second-order valence-corrected chi connectivity index (χ2v) is 11.3. The van der Waals surface area contributed by atoms with Crippen LogP contribution in [0.15, 0.2) is 0 Å². The van der Waals surface area contributed by atoms with E-state index in [1.54, 1.807) is 34.9 Å². The number of amides is 1. The Morgan fingerprint density at radius 1 is 1.00 bits per heavy atom. The van der Waals surface area contributed by atoms with E-state index >= 15 is 0 Å². The summed E-state index contributed by atoms with van der Waals surface area (Å²) in [5, 5.41) is 0. The van der Waals surface area contributed by atoms with Crippen LogP contribution in [0, 0.1) is 29.1 Å². The van der Waals surface area contributed by atoms with Crippen LogP contribution in [0.2, 0.25) is 0 Å². The number of carbonyl (C=O) groups excluding carboxylic acids is 4. The van der Waals surface area contributed by atoms with Gasteiger partial charge in [0, 0.05) is 37.3 Å². The number of cyclic esters (lactones) is 1. The molecular weight excluding hydrogens is 450 g/mol. The first-order chi connectivity index (χ1) is 16.1. The third kappa shape index (κ3) is 4.63. The summed E-state index contributed by atoms with van der Waals surface area (Å²) in [5.74, 6) is -3.42. The van der Waals surface area contributed by atoms with Crippen LogP contribution < -0.4 is 0 Å². The lowest BCUT2D eigenvalue weighted by Gasteiger charge is -2.50. The number of ketones is 2. The van der Waals surface area contributed by atoms with Gasteiger partial charge in [-0.2, -0.15) is 0 Å². The van der Waals surface area contributed by atoms with E-state index in [1.807, 2.05) is 41.5 Å². The van der Waals surface area contributed by atoms with Gasteiger partial charge < -0.3 is 19.1 Å². The normalized spacial score (nSPS) is 43.9. The van der Waals surface area contributed by atoms with Crippen molar-refractivity contribution in [2.24, 2.45) is 29.1 Å². The minimum atomic E-state index is -1.24. The molecule has 0 spiro atoms. The summed E-state index contributed by atoms with van der Waals surface area (Å²) in [4.78, 5) is 54.7. The summed E-state index contributed by atoms with van der Waals surface area (Å²) in [5.41, 5.74) is -2.70. The molecule has 1 amide bonds. The third-order valence-electron chi connectivity index (χ3n) is 9.53. The van der Waals surface area contributed by atoms with Crippen molar-refractivity contribution in [2.45, 2.75) is 105 Å². The molecule has 2 fully saturated rings. The van der Waals surface area contributed by atoms with E-state index in [4.69, 9.17) is 14.2 Å². The Hall–Kier alpha value is -1.96. The number of nitrogens with zero attached hydrogens (tertiary/aromatic N) is 1. The molecule has 0 N–H and O–H groups in total. The Kier molecular flexibility index (Phi) is 8.52. The van der Waals surface area contributed by atoms with Crippen molar-refractivity contribution in [1.29, 1.82) is 0 Å². The summed E-state index contributed by atoms with van der Waals surface area (Å²) in [7, 11) is 3.21. The second kappa shape index (κ2) is 10.2.